The molecule has 0 saturated carbocycles. The SMILES string of the molecule is COC(=O)[C@H](CCCN(C)C(=O)OC(C)(C)C)NC(=O)c1ccc(CCc2ccc3nc(N)nc(N)c3c2F)cc1. The molecule has 2 amide bonds. The van der Waals surface area contributed by atoms with Gasteiger partial charge < -0.3 is 31.2 Å². The number of nitrogens with zero attached hydrogens (tertiary/aromatic N) is 3. The van der Waals surface area contributed by atoms with E-state index in [2.05, 4.69) is 15.3 Å². The first-order chi connectivity index (χ1) is 19.3. The molecule has 0 radical (unpaired) electrons. The fraction of sp³-hybridized carbons (Fsp3) is 0.414. The molecule has 12 heteroatoms. The summed E-state index contributed by atoms with van der Waals surface area (Å²) in [6.07, 6.45) is 1.13. The van der Waals surface area contributed by atoms with E-state index in [1.807, 2.05) is 0 Å². The van der Waals surface area contributed by atoms with Crippen LogP contribution in [0.25, 0.3) is 10.9 Å². The van der Waals surface area contributed by atoms with Crippen molar-refractivity contribution in [1.82, 2.24) is 20.2 Å². The van der Waals surface area contributed by atoms with Crippen molar-refractivity contribution < 1.29 is 28.2 Å². The first-order valence-electron chi connectivity index (χ1n) is 13.2. The van der Waals surface area contributed by atoms with E-state index in [9.17, 15) is 14.4 Å². The average molecular weight is 569 g/mol. The van der Waals surface area contributed by atoms with E-state index in [1.54, 1.807) is 64.2 Å². The number of nitrogens with one attached hydrogen (secondary N) is 1. The molecule has 3 aromatic rings. The zero-order valence-electron chi connectivity index (χ0n) is 24.0. The summed E-state index contributed by atoms with van der Waals surface area (Å²) in [4.78, 5) is 46.6. The predicted octanol–water partition coefficient (Wildman–Crippen LogP) is 3.64. The second-order valence-corrected chi connectivity index (χ2v) is 10.7. The normalized spacial score (nSPS) is 12.0. The van der Waals surface area contributed by atoms with E-state index >= 15 is 4.39 Å². The van der Waals surface area contributed by atoms with Crippen LogP contribution in [0.5, 0.6) is 0 Å². The number of esters is 1. The summed E-state index contributed by atoms with van der Waals surface area (Å²) in [7, 11) is 2.86. The van der Waals surface area contributed by atoms with Crippen molar-refractivity contribution in [2.24, 2.45) is 0 Å². The van der Waals surface area contributed by atoms with Gasteiger partial charge in [-0.25, -0.2) is 19.0 Å². The summed E-state index contributed by atoms with van der Waals surface area (Å²) in [5, 5.41) is 2.85. The standard InChI is InChI=1S/C29H37FN6O5/c1-29(2,3)41-28(39)36(4)16-6-7-21(26(38)40-5)33-25(37)19-12-9-17(10-13-19)8-11-18-14-15-20-22(23(18)30)24(31)35-27(32)34-20/h9-10,12-15,21H,6-8,11,16H2,1-5H3,(H,33,37)(H4,31,32,34,35)/t21-/m0/s1. The van der Waals surface area contributed by atoms with E-state index < -0.39 is 35.4 Å². The number of ether oxygens (including phenoxy) is 2. The number of hydrogen-bond acceptors (Lipinski definition) is 9. The Labute approximate surface area is 238 Å². The lowest BCUT2D eigenvalue weighted by Crippen LogP contribution is -2.42. The van der Waals surface area contributed by atoms with Gasteiger partial charge in [0.1, 0.15) is 23.3 Å². The molecule has 1 aromatic heterocycles. The summed E-state index contributed by atoms with van der Waals surface area (Å²) in [6.45, 7) is 5.67. The Hall–Kier alpha value is -4.48. The molecular weight excluding hydrogens is 531 g/mol. The quantitative estimate of drug-likeness (QED) is 0.310. The highest BCUT2D eigenvalue weighted by atomic mass is 19.1. The lowest BCUT2D eigenvalue weighted by Gasteiger charge is -2.25. The molecule has 0 saturated heterocycles. The van der Waals surface area contributed by atoms with Crippen molar-refractivity contribution in [1.29, 1.82) is 0 Å². The number of anilines is 2. The molecule has 0 aliphatic rings. The molecule has 2 aromatic carbocycles. The number of carbonyl (C=O) groups excluding carboxylic acids is 3. The van der Waals surface area contributed by atoms with E-state index in [0.717, 1.165) is 5.56 Å². The van der Waals surface area contributed by atoms with Gasteiger partial charge in [-0.15, -0.1) is 0 Å². The molecule has 1 atom stereocenters. The van der Waals surface area contributed by atoms with Gasteiger partial charge in [0, 0.05) is 19.2 Å². The largest absolute Gasteiger partial charge is 0.467 e. The molecule has 5 N–H and O–H groups in total. The van der Waals surface area contributed by atoms with E-state index in [4.69, 9.17) is 20.9 Å². The minimum Gasteiger partial charge on any atom is -0.467 e. The highest BCUT2D eigenvalue weighted by Gasteiger charge is 2.24. The van der Waals surface area contributed by atoms with Crippen LogP contribution in [0.3, 0.4) is 0 Å². The van der Waals surface area contributed by atoms with Gasteiger partial charge in [-0.1, -0.05) is 18.2 Å². The summed E-state index contributed by atoms with van der Waals surface area (Å²) in [5.41, 5.74) is 12.9. The number of nitrogens with two attached hydrogens (primary N) is 2. The smallest absolute Gasteiger partial charge is 0.410 e. The van der Waals surface area contributed by atoms with Gasteiger partial charge in [0.05, 0.1) is 18.0 Å². The maximum atomic E-state index is 15.1. The fourth-order valence-corrected chi connectivity index (χ4v) is 4.16. The summed E-state index contributed by atoms with van der Waals surface area (Å²) < 4.78 is 25.2. The molecular formula is C29H37FN6O5. The molecule has 0 fully saturated rings. The monoisotopic (exact) mass is 568 g/mol. The minimum absolute atomic E-state index is 0.0115. The zero-order chi connectivity index (χ0) is 30.3. The maximum absolute atomic E-state index is 15.1. The molecule has 0 aliphatic heterocycles. The number of carbonyl (C=O) groups is 3. The molecule has 0 spiro atoms. The number of aromatic nitrogens is 2. The highest BCUT2D eigenvalue weighted by molar-refractivity contribution is 5.96. The van der Waals surface area contributed by atoms with Crippen molar-refractivity contribution in [3.05, 3.63) is 58.9 Å². The Bertz CT molecular complexity index is 1410. The number of nitrogen functional groups attached to an aromatic ring is 2. The summed E-state index contributed by atoms with van der Waals surface area (Å²) in [5.74, 6) is -1.54. The number of fused-ring (bicyclic) bond motifs is 1. The van der Waals surface area contributed by atoms with Crippen molar-refractivity contribution in [3.63, 3.8) is 0 Å². The number of rotatable bonds is 10. The predicted molar refractivity (Wildman–Crippen MR) is 154 cm³/mol. The van der Waals surface area contributed by atoms with Gasteiger partial charge in [0.15, 0.2) is 0 Å². The Kier molecular flexibility index (Phi) is 10.0. The Morgan fingerprint density at radius 2 is 1.73 bits per heavy atom. The van der Waals surface area contributed by atoms with Crippen molar-refractivity contribution in [3.8, 4) is 0 Å². The summed E-state index contributed by atoms with van der Waals surface area (Å²) in [6, 6.07) is 9.24. The molecule has 220 valence electrons. The first kappa shape index (κ1) is 31.1. The number of methoxy groups -OCH3 is 1. The van der Waals surface area contributed by atoms with Gasteiger partial charge in [0.2, 0.25) is 5.95 Å². The van der Waals surface area contributed by atoms with E-state index in [0.29, 0.717) is 42.5 Å². The third kappa shape index (κ3) is 8.50. The van der Waals surface area contributed by atoms with Gasteiger partial charge in [-0.05, 0) is 75.8 Å². The number of aryl methyl sites for hydroxylation is 2. The van der Waals surface area contributed by atoms with E-state index in [-0.39, 0.29) is 23.6 Å². The van der Waals surface area contributed by atoms with Crippen LogP contribution in [0.2, 0.25) is 0 Å². The minimum atomic E-state index is -0.887. The molecule has 3 rings (SSSR count). The topological polar surface area (TPSA) is 163 Å². The highest BCUT2D eigenvalue weighted by Crippen LogP contribution is 2.25. The van der Waals surface area contributed by atoms with Crippen LogP contribution in [0.1, 0.15) is 55.1 Å². The zero-order valence-corrected chi connectivity index (χ0v) is 24.0. The second-order valence-electron chi connectivity index (χ2n) is 10.7. The number of hydrogen-bond donors (Lipinski definition) is 3. The van der Waals surface area contributed by atoms with Crippen LogP contribution < -0.4 is 16.8 Å². The number of halogens is 1. The van der Waals surface area contributed by atoms with Crippen LogP contribution in [0.15, 0.2) is 36.4 Å². The van der Waals surface area contributed by atoms with E-state index in [1.165, 1.54) is 12.0 Å². The summed E-state index contributed by atoms with van der Waals surface area (Å²) >= 11 is 0. The Morgan fingerprint density at radius 1 is 1.05 bits per heavy atom. The first-order valence-corrected chi connectivity index (χ1v) is 13.2. The Balaban J connectivity index is 1.58. The third-order valence-electron chi connectivity index (χ3n) is 6.31. The second kappa shape index (κ2) is 13.2. The molecule has 0 unspecified atom stereocenters. The molecule has 0 bridgehead atoms. The molecule has 1 heterocycles. The van der Waals surface area contributed by atoms with Crippen molar-refractivity contribution >= 4 is 40.6 Å². The van der Waals surface area contributed by atoms with Crippen LogP contribution in [0.4, 0.5) is 21.0 Å². The molecule has 0 aliphatic carbocycles. The van der Waals surface area contributed by atoms with Gasteiger partial charge >= 0.3 is 12.1 Å². The van der Waals surface area contributed by atoms with Gasteiger partial charge in [-0.3, -0.25) is 4.79 Å². The van der Waals surface area contributed by atoms with Gasteiger partial charge in [-0.2, -0.15) is 4.98 Å². The fourth-order valence-electron chi connectivity index (χ4n) is 4.16. The van der Waals surface area contributed by atoms with Crippen molar-refractivity contribution in [2.45, 2.75) is 58.1 Å². The van der Waals surface area contributed by atoms with Crippen LogP contribution in [-0.2, 0) is 27.1 Å². The Morgan fingerprint density at radius 3 is 2.37 bits per heavy atom. The lowest BCUT2D eigenvalue weighted by atomic mass is 10.0. The average Bonchev–Trinajstić information content (AvgIpc) is 2.90. The number of benzene rings is 2. The number of amides is 2. The molecule has 41 heavy (non-hydrogen) atoms. The lowest BCUT2D eigenvalue weighted by molar-refractivity contribution is -0.143. The maximum Gasteiger partial charge on any atom is 0.410 e. The van der Waals surface area contributed by atoms with Gasteiger partial charge in [0.25, 0.3) is 5.91 Å². The van der Waals surface area contributed by atoms with Crippen molar-refractivity contribution in [2.75, 3.05) is 32.2 Å². The molecule has 11 nitrogen and oxygen atoms in total. The van der Waals surface area contributed by atoms with Crippen LogP contribution in [-0.4, -0.2) is 65.2 Å². The van der Waals surface area contributed by atoms with Crippen LogP contribution in [0, 0.1) is 5.82 Å². The van der Waals surface area contributed by atoms with Crippen LogP contribution >= 0.6 is 0 Å². The third-order valence-corrected chi connectivity index (χ3v) is 6.31.